The molecule has 2 rings (SSSR count). The van der Waals surface area contributed by atoms with Crippen LogP contribution < -0.4 is 4.90 Å². The zero-order valence-electron chi connectivity index (χ0n) is 10.3. The Kier molecular flexibility index (Phi) is 3.86. The summed E-state index contributed by atoms with van der Waals surface area (Å²) in [7, 11) is 3.42. The number of ether oxygens (including phenoxy) is 2. The zero-order chi connectivity index (χ0) is 12.1. The molecule has 0 radical (unpaired) electrons. The van der Waals surface area contributed by atoms with E-state index in [4.69, 9.17) is 9.47 Å². The Bertz CT molecular complexity index is 341. The molecule has 0 saturated carbocycles. The molecule has 1 fully saturated rings. The Morgan fingerprint density at radius 3 is 2.47 bits per heavy atom. The van der Waals surface area contributed by atoms with Gasteiger partial charge in [0, 0.05) is 20.8 Å². The SMILES string of the molecule is COCC1(COC)CCCN1c1ncncn1. The van der Waals surface area contributed by atoms with Gasteiger partial charge in [-0.1, -0.05) is 0 Å². The van der Waals surface area contributed by atoms with Crippen LogP contribution in [0.1, 0.15) is 12.8 Å². The molecule has 2 heterocycles. The van der Waals surface area contributed by atoms with Gasteiger partial charge < -0.3 is 14.4 Å². The lowest BCUT2D eigenvalue weighted by atomic mass is 9.98. The summed E-state index contributed by atoms with van der Waals surface area (Å²) in [6.07, 6.45) is 5.16. The first-order chi connectivity index (χ1) is 8.32. The third-order valence-electron chi connectivity index (χ3n) is 3.14. The number of hydrogen-bond acceptors (Lipinski definition) is 6. The van der Waals surface area contributed by atoms with Crippen LogP contribution in [-0.4, -0.2) is 54.5 Å². The van der Waals surface area contributed by atoms with E-state index in [-0.39, 0.29) is 5.54 Å². The Labute approximate surface area is 101 Å². The molecule has 1 aliphatic rings. The summed E-state index contributed by atoms with van der Waals surface area (Å²) in [4.78, 5) is 14.4. The van der Waals surface area contributed by atoms with Gasteiger partial charge >= 0.3 is 0 Å². The molecule has 94 valence electrons. The summed E-state index contributed by atoms with van der Waals surface area (Å²) in [5.41, 5.74) is -0.148. The van der Waals surface area contributed by atoms with E-state index in [9.17, 15) is 0 Å². The van der Waals surface area contributed by atoms with Crippen molar-refractivity contribution < 1.29 is 9.47 Å². The maximum atomic E-state index is 5.34. The van der Waals surface area contributed by atoms with E-state index in [1.54, 1.807) is 14.2 Å². The summed E-state index contributed by atoms with van der Waals surface area (Å²) in [5.74, 6) is 0.701. The Hall–Kier alpha value is -1.27. The summed E-state index contributed by atoms with van der Waals surface area (Å²) < 4.78 is 10.7. The van der Waals surface area contributed by atoms with E-state index in [1.165, 1.54) is 12.7 Å². The van der Waals surface area contributed by atoms with E-state index in [2.05, 4.69) is 19.9 Å². The number of aromatic nitrogens is 3. The lowest BCUT2D eigenvalue weighted by Gasteiger charge is -2.37. The lowest BCUT2D eigenvalue weighted by Crippen LogP contribution is -2.52. The highest BCUT2D eigenvalue weighted by Gasteiger charge is 2.42. The highest BCUT2D eigenvalue weighted by atomic mass is 16.5. The fourth-order valence-corrected chi connectivity index (χ4v) is 2.50. The first-order valence-corrected chi connectivity index (χ1v) is 5.70. The predicted octanol–water partition coefficient (Wildman–Crippen LogP) is 0.503. The zero-order valence-corrected chi connectivity index (χ0v) is 10.3. The van der Waals surface area contributed by atoms with Gasteiger partial charge in [-0.3, -0.25) is 0 Å². The molecule has 0 N–H and O–H groups in total. The predicted molar refractivity (Wildman–Crippen MR) is 62.9 cm³/mol. The normalized spacial score (nSPS) is 18.6. The molecule has 0 unspecified atom stereocenters. The molecular weight excluding hydrogens is 220 g/mol. The fraction of sp³-hybridized carbons (Fsp3) is 0.727. The summed E-state index contributed by atoms with van der Waals surface area (Å²) in [5, 5.41) is 0. The summed E-state index contributed by atoms with van der Waals surface area (Å²) in [6, 6.07) is 0. The Morgan fingerprint density at radius 1 is 1.24 bits per heavy atom. The quantitative estimate of drug-likeness (QED) is 0.744. The van der Waals surface area contributed by atoms with Crippen molar-refractivity contribution in [2.24, 2.45) is 0 Å². The monoisotopic (exact) mass is 238 g/mol. The number of anilines is 1. The third kappa shape index (κ3) is 2.37. The fourth-order valence-electron chi connectivity index (χ4n) is 2.50. The third-order valence-corrected chi connectivity index (χ3v) is 3.14. The van der Waals surface area contributed by atoms with Crippen LogP contribution in [0.5, 0.6) is 0 Å². The van der Waals surface area contributed by atoms with Crippen LogP contribution in [-0.2, 0) is 9.47 Å². The van der Waals surface area contributed by atoms with Crippen molar-refractivity contribution in [3.05, 3.63) is 12.7 Å². The maximum Gasteiger partial charge on any atom is 0.228 e. The van der Waals surface area contributed by atoms with Crippen molar-refractivity contribution in [2.45, 2.75) is 18.4 Å². The topological polar surface area (TPSA) is 60.4 Å². The van der Waals surface area contributed by atoms with Gasteiger partial charge in [0.25, 0.3) is 0 Å². The molecule has 0 amide bonds. The molecule has 1 saturated heterocycles. The second-order valence-electron chi connectivity index (χ2n) is 4.28. The van der Waals surface area contributed by atoms with Crippen molar-refractivity contribution in [2.75, 3.05) is 38.9 Å². The minimum Gasteiger partial charge on any atom is -0.382 e. The second kappa shape index (κ2) is 5.37. The van der Waals surface area contributed by atoms with Gasteiger partial charge in [0.15, 0.2) is 0 Å². The molecule has 6 nitrogen and oxygen atoms in total. The van der Waals surface area contributed by atoms with Gasteiger partial charge in [-0.2, -0.15) is 0 Å². The Balaban J connectivity index is 2.25. The van der Waals surface area contributed by atoms with Crippen molar-refractivity contribution in [3.8, 4) is 0 Å². The van der Waals surface area contributed by atoms with Crippen molar-refractivity contribution in [1.82, 2.24) is 15.0 Å². The van der Waals surface area contributed by atoms with Crippen LogP contribution in [0.25, 0.3) is 0 Å². The number of hydrogen-bond donors (Lipinski definition) is 0. The minimum absolute atomic E-state index is 0.148. The van der Waals surface area contributed by atoms with Crippen LogP contribution in [0.3, 0.4) is 0 Å². The van der Waals surface area contributed by atoms with Crippen LogP contribution in [0.15, 0.2) is 12.7 Å². The Morgan fingerprint density at radius 2 is 1.88 bits per heavy atom. The van der Waals surface area contributed by atoms with E-state index >= 15 is 0 Å². The maximum absolute atomic E-state index is 5.34. The average molecular weight is 238 g/mol. The molecule has 1 aromatic heterocycles. The van der Waals surface area contributed by atoms with Gasteiger partial charge in [0.1, 0.15) is 12.7 Å². The molecule has 0 spiro atoms. The first kappa shape index (κ1) is 12.2. The van der Waals surface area contributed by atoms with Gasteiger partial charge in [0.2, 0.25) is 5.95 Å². The number of methoxy groups -OCH3 is 2. The lowest BCUT2D eigenvalue weighted by molar-refractivity contribution is 0.0650. The van der Waals surface area contributed by atoms with Crippen molar-refractivity contribution in [3.63, 3.8) is 0 Å². The highest BCUT2D eigenvalue weighted by Crippen LogP contribution is 2.32. The minimum atomic E-state index is -0.148. The molecule has 0 aliphatic carbocycles. The van der Waals surface area contributed by atoms with Crippen LogP contribution in [0, 0.1) is 0 Å². The molecular formula is C11H18N4O2. The number of rotatable bonds is 5. The summed E-state index contributed by atoms with van der Waals surface area (Å²) >= 11 is 0. The molecule has 0 atom stereocenters. The smallest absolute Gasteiger partial charge is 0.228 e. The molecule has 6 heteroatoms. The van der Waals surface area contributed by atoms with Gasteiger partial charge in [-0.25, -0.2) is 15.0 Å². The van der Waals surface area contributed by atoms with E-state index in [1.807, 2.05) is 0 Å². The van der Waals surface area contributed by atoms with Crippen LogP contribution in [0.4, 0.5) is 5.95 Å². The molecule has 0 aromatic carbocycles. The van der Waals surface area contributed by atoms with Gasteiger partial charge in [0.05, 0.1) is 18.8 Å². The average Bonchev–Trinajstić information content (AvgIpc) is 2.75. The standard InChI is InChI=1S/C11H18N4O2/c1-16-6-11(7-17-2)4-3-5-15(11)10-13-8-12-9-14-10/h8-9H,3-7H2,1-2H3. The van der Waals surface area contributed by atoms with E-state index < -0.39 is 0 Å². The van der Waals surface area contributed by atoms with Gasteiger partial charge in [-0.05, 0) is 12.8 Å². The molecule has 17 heavy (non-hydrogen) atoms. The molecule has 0 bridgehead atoms. The van der Waals surface area contributed by atoms with Gasteiger partial charge in [-0.15, -0.1) is 0 Å². The van der Waals surface area contributed by atoms with Crippen molar-refractivity contribution in [1.29, 1.82) is 0 Å². The van der Waals surface area contributed by atoms with Crippen molar-refractivity contribution >= 4 is 5.95 Å². The van der Waals surface area contributed by atoms with Crippen LogP contribution in [0.2, 0.25) is 0 Å². The largest absolute Gasteiger partial charge is 0.382 e. The van der Waals surface area contributed by atoms with E-state index in [0.717, 1.165) is 19.4 Å². The number of nitrogens with zero attached hydrogens (tertiary/aromatic N) is 4. The first-order valence-electron chi connectivity index (χ1n) is 5.70. The van der Waals surface area contributed by atoms with E-state index in [0.29, 0.717) is 19.2 Å². The highest BCUT2D eigenvalue weighted by molar-refractivity contribution is 5.36. The second-order valence-corrected chi connectivity index (χ2v) is 4.28. The van der Waals surface area contributed by atoms with Crippen LogP contribution >= 0.6 is 0 Å². The summed E-state index contributed by atoms with van der Waals surface area (Å²) in [6.45, 7) is 2.16. The molecule has 1 aromatic rings. The molecule has 1 aliphatic heterocycles.